The van der Waals surface area contributed by atoms with Gasteiger partial charge in [0.1, 0.15) is 0 Å². The lowest BCUT2D eigenvalue weighted by molar-refractivity contribution is 0.248. The van der Waals surface area contributed by atoms with Crippen LogP contribution in [-0.2, 0) is 26.2 Å². The van der Waals surface area contributed by atoms with Gasteiger partial charge in [-0.15, -0.1) is 11.8 Å². The normalized spacial score (nSPS) is 11.2. The molecule has 130 valence electrons. The van der Waals surface area contributed by atoms with Crippen molar-refractivity contribution in [2.24, 2.45) is 5.73 Å². The SMILES string of the molecule is CSc1ccc(CN(Cc2ccc(CN)cc2)Cc2ccsc2)cc1. The van der Waals surface area contributed by atoms with Crippen LogP contribution in [-0.4, -0.2) is 11.2 Å². The van der Waals surface area contributed by atoms with Crippen molar-refractivity contribution in [2.75, 3.05) is 6.26 Å². The first-order valence-corrected chi connectivity index (χ1v) is 10.6. The Morgan fingerprint density at radius 3 is 1.88 bits per heavy atom. The van der Waals surface area contributed by atoms with Crippen LogP contribution in [0.5, 0.6) is 0 Å². The Morgan fingerprint density at radius 1 is 0.800 bits per heavy atom. The van der Waals surface area contributed by atoms with Crippen LogP contribution < -0.4 is 5.73 Å². The van der Waals surface area contributed by atoms with Gasteiger partial charge in [0.15, 0.2) is 0 Å². The van der Waals surface area contributed by atoms with Crippen LogP contribution in [0.15, 0.2) is 70.3 Å². The Bertz CT molecular complexity index is 700. The summed E-state index contributed by atoms with van der Waals surface area (Å²) in [6.45, 7) is 3.45. The van der Waals surface area contributed by atoms with Gasteiger partial charge in [-0.05, 0) is 57.5 Å². The number of benzene rings is 2. The van der Waals surface area contributed by atoms with Crippen molar-refractivity contribution >= 4 is 23.1 Å². The molecule has 0 radical (unpaired) electrons. The fraction of sp³-hybridized carbons (Fsp3) is 0.238. The summed E-state index contributed by atoms with van der Waals surface area (Å²) in [5.74, 6) is 0. The molecule has 0 unspecified atom stereocenters. The van der Waals surface area contributed by atoms with Gasteiger partial charge in [-0.3, -0.25) is 4.90 Å². The molecule has 1 aromatic heterocycles. The lowest BCUT2D eigenvalue weighted by atomic mass is 10.1. The summed E-state index contributed by atoms with van der Waals surface area (Å²) in [6, 6.07) is 19.8. The number of nitrogens with zero attached hydrogens (tertiary/aromatic N) is 1. The summed E-state index contributed by atoms with van der Waals surface area (Å²) in [5.41, 5.74) is 10.9. The van der Waals surface area contributed by atoms with Crippen LogP contribution >= 0.6 is 23.1 Å². The van der Waals surface area contributed by atoms with Gasteiger partial charge in [-0.1, -0.05) is 36.4 Å². The molecule has 0 atom stereocenters. The Morgan fingerprint density at radius 2 is 1.36 bits per heavy atom. The van der Waals surface area contributed by atoms with Crippen molar-refractivity contribution in [1.29, 1.82) is 0 Å². The van der Waals surface area contributed by atoms with E-state index < -0.39 is 0 Å². The van der Waals surface area contributed by atoms with E-state index in [0.29, 0.717) is 6.54 Å². The Labute approximate surface area is 158 Å². The molecule has 3 rings (SSSR count). The molecule has 0 saturated carbocycles. The second-order valence-electron chi connectivity index (χ2n) is 6.15. The first-order chi connectivity index (χ1) is 12.3. The van der Waals surface area contributed by atoms with E-state index in [4.69, 9.17) is 5.73 Å². The molecule has 0 bridgehead atoms. The molecule has 0 amide bonds. The smallest absolute Gasteiger partial charge is 0.0249 e. The van der Waals surface area contributed by atoms with Gasteiger partial charge in [-0.25, -0.2) is 0 Å². The Balaban J connectivity index is 1.73. The maximum Gasteiger partial charge on any atom is 0.0249 e. The summed E-state index contributed by atoms with van der Waals surface area (Å²) in [4.78, 5) is 3.80. The summed E-state index contributed by atoms with van der Waals surface area (Å²) in [6.07, 6.45) is 2.11. The highest BCUT2D eigenvalue weighted by atomic mass is 32.2. The summed E-state index contributed by atoms with van der Waals surface area (Å²) in [7, 11) is 0. The standard InChI is InChI=1S/C21H24N2S2/c1-24-21-8-6-19(7-9-21)14-23(15-20-10-11-25-16-20)13-18-4-2-17(12-22)3-5-18/h2-11,16H,12-15,22H2,1H3. The zero-order valence-corrected chi connectivity index (χ0v) is 16.2. The molecule has 4 heteroatoms. The summed E-state index contributed by atoms with van der Waals surface area (Å²) in [5, 5.41) is 4.39. The molecule has 0 fully saturated rings. The number of thiophene rings is 1. The highest BCUT2D eigenvalue weighted by molar-refractivity contribution is 7.98. The largest absolute Gasteiger partial charge is 0.326 e. The van der Waals surface area contributed by atoms with E-state index >= 15 is 0 Å². The third-order valence-electron chi connectivity index (χ3n) is 4.22. The Kier molecular flexibility index (Phi) is 6.70. The van der Waals surface area contributed by atoms with Gasteiger partial charge in [-0.2, -0.15) is 11.3 Å². The molecular weight excluding hydrogens is 344 g/mol. The average Bonchev–Trinajstić information content (AvgIpc) is 3.16. The summed E-state index contributed by atoms with van der Waals surface area (Å²) < 4.78 is 0. The van der Waals surface area contributed by atoms with Crippen molar-refractivity contribution in [3.8, 4) is 0 Å². The van der Waals surface area contributed by atoms with Gasteiger partial charge >= 0.3 is 0 Å². The highest BCUT2D eigenvalue weighted by Gasteiger charge is 2.09. The van der Waals surface area contributed by atoms with E-state index in [1.807, 2.05) is 0 Å². The third kappa shape index (κ3) is 5.44. The lowest BCUT2D eigenvalue weighted by Crippen LogP contribution is -2.22. The summed E-state index contributed by atoms with van der Waals surface area (Å²) >= 11 is 3.54. The molecule has 2 N–H and O–H groups in total. The minimum atomic E-state index is 0.598. The predicted octanol–water partition coefficient (Wildman–Crippen LogP) is 5.13. The van der Waals surface area contributed by atoms with Gasteiger partial charge in [0.2, 0.25) is 0 Å². The van der Waals surface area contributed by atoms with Crippen molar-refractivity contribution in [3.05, 3.63) is 87.6 Å². The molecule has 3 aromatic rings. The van der Waals surface area contributed by atoms with Gasteiger partial charge < -0.3 is 5.73 Å². The quantitative estimate of drug-likeness (QED) is 0.559. The van der Waals surface area contributed by atoms with E-state index in [1.165, 1.54) is 27.1 Å². The number of hydrogen-bond donors (Lipinski definition) is 1. The number of thioether (sulfide) groups is 1. The highest BCUT2D eigenvalue weighted by Crippen LogP contribution is 2.19. The maximum absolute atomic E-state index is 5.71. The van der Waals surface area contributed by atoms with Crippen LogP contribution in [0.2, 0.25) is 0 Å². The second-order valence-corrected chi connectivity index (χ2v) is 7.81. The van der Waals surface area contributed by atoms with Crippen LogP contribution in [0.3, 0.4) is 0 Å². The van der Waals surface area contributed by atoms with Crippen molar-refractivity contribution in [3.63, 3.8) is 0 Å². The van der Waals surface area contributed by atoms with E-state index in [2.05, 4.69) is 76.5 Å². The lowest BCUT2D eigenvalue weighted by Gasteiger charge is -2.22. The minimum absolute atomic E-state index is 0.598. The molecule has 0 aliphatic carbocycles. The predicted molar refractivity (Wildman–Crippen MR) is 110 cm³/mol. The van der Waals surface area contributed by atoms with Crippen LogP contribution in [0.25, 0.3) is 0 Å². The number of nitrogens with two attached hydrogens (primary N) is 1. The van der Waals surface area contributed by atoms with E-state index in [-0.39, 0.29) is 0 Å². The monoisotopic (exact) mass is 368 g/mol. The second kappa shape index (κ2) is 9.20. The van der Waals surface area contributed by atoms with Crippen molar-refractivity contribution in [1.82, 2.24) is 4.90 Å². The molecule has 2 nitrogen and oxygen atoms in total. The molecule has 0 saturated heterocycles. The number of hydrogen-bond acceptors (Lipinski definition) is 4. The van der Waals surface area contributed by atoms with Crippen molar-refractivity contribution in [2.45, 2.75) is 31.1 Å². The van der Waals surface area contributed by atoms with Gasteiger partial charge in [0.25, 0.3) is 0 Å². The van der Waals surface area contributed by atoms with Crippen molar-refractivity contribution < 1.29 is 0 Å². The zero-order chi connectivity index (χ0) is 17.5. The fourth-order valence-electron chi connectivity index (χ4n) is 2.84. The van der Waals surface area contributed by atoms with E-state index in [9.17, 15) is 0 Å². The topological polar surface area (TPSA) is 29.3 Å². The van der Waals surface area contributed by atoms with Crippen LogP contribution in [0, 0.1) is 0 Å². The van der Waals surface area contributed by atoms with Crippen LogP contribution in [0.1, 0.15) is 22.3 Å². The third-order valence-corrected chi connectivity index (χ3v) is 5.69. The first kappa shape index (κ1) is 18.2. The zero-order valence-electron chi connectivity index (χ0n) is 14.5. The average molecular weight is 369 g/mol. The van der Waals surface area contributed by atoms with E-state index in [1.54, 1.807) is 23.1 Å². The molecule has 0 spiro atoms. The molecular formula is C21H24N2S2. The molecule has 1 heterocycles. The minimum Gasteiger partial charge on any atom is -0.326 e. The Hall–Kier alpha value is -1.59. The van der Waals surface area contributed by atoms with Gasteiger partial charge in [0.05, 0.1) is 0 Å². The maximum atomic E-state index is 5.71. The molecule has 0 aliphatic heterocycles. The van der Waals surface area contributed by atoms with Gasteiger partial charge in [0, 0.05) is 31.1 Å². The molecule has 25 heavy (non-hydrogen) atoms. The first-order valence-electron chi connectivity index (χ1n) is 8.41. The molecule has 2 aromatic carbocycles. The molecule has 0 aliphatic rings. The number of rotatable bonds is 8. The van der Waals surface area contributed by atoms with E-state index in [0.717, 1.165) is 19.6 Å². The fourth-order valence-corrected chi connectivity index (χ4v) is 3.90. The van der Waals surface area contributed by atoms with Crippen LogP contribution in [0.4, 0.5) is 0 Å².